The van der Waals surface area contributed by atoms with E-state index in [1.807, 2.05) is 0 Å². The summed E-state index contributed by atoms with van der Waals surface area (Å²) in [6, 6.07) is 7.44. The summed E-state index contributed by atoms with van der Waals surface area (Å²) in [5.41, 5.74) is -2.86. The molecule has 0 amide bonds. The third-order valence-electron chi connectivity index (χ3n) is 3.89. The second-order valence-electron chi connectivity index (χ2n) is 5.96. The van der Waals surface area contributed by atoms with Crippen LogP contribution in [0.15, 0.2) is 56.1 Å². The predicted octanol–water partition coefficient (Wildman–Crippen LogP) is 5.48. The molecule has 0 aliphatic rings. The van der Waals surface area contributed by atoms with Gasteiger partial charge in [-0.1, -0.05) is 23.7 Å². The normalized spacial score (nSPS) is 11.9. The Morgan fingerprint density at radius 1 is 1.17 bits per heavy atom. The standard InChI is InChI=1S/C20H12ClF3O5/c1-10-9-15(26)17(19(27)28-10)14(25)7-5-11-6-8-16(29-11)12-3-2-4-13(21)18(12)20(22,23)24/h2-9,26H,1H3. The summed E-state index contributed by atoms with van der Waals surface area (Å²) in [4.78, 5) is 23.9. The SMILES string of the molecule is Cc1cc(O)c(C(=O)C=Cc2ccc(-c3cccc(Cl)c3C(F)(F)F)o2)c(=O)o1. The number of aryl methyl sites for hydroxylation is 1. The molecule has 0 fully saturated rings. The van der Waals surface area contributed by atoms with Crippen LogP contribution in [0.3, 0.4) is 0 Å². The van der Waals surface area contributed by atoms with E-state index in [2.05, 4.69) is 0 Å². The maximum Gasteiger partial charge on any atom is 0.418 e. The Labute approximate surface area is 166 Å². The lowest BCUT2D eigenvalue weighted by Crippen LogP contribution is -2.12. The van der Waals surface area contributed by atoms with Gasteiger partial charge in [0.2, 0.25) is 0 Å². The lowest BCUT2D eigenvalue weighted by molar-refractivity contribution is -0.137. The van der Waals surface area contributed by atoms with E-state index in [1.165, 1.54) is 31.2 Å². The summed E-state index contributed by atoms with van der Waals surface area (Å²) >= 11 is 5.70. The molecule has 150 valence electrons. The summed E-state index contributed by atoms with van der Waals surface area (Å²) in [6.45, 7) is 1.43. The molecule has 1 aromatic carbocycles. The van der Waals surface area contributed by atoms with Gasteiger partial charge in [0.05, 0.1) is 10.6 Å². The molecule has 5 nitrogen and oxygen atoms in total. The Morgan fingerprint density at radius 2 is 1.90 bits per heavy atom. The molecular formula is C20H12ClF3O5. The van der Waals surface area contributed by atoms with Crippen molar-refractivity contribution < 1.29 is 31.9 Å². The molecule has 0 bridgehead atoms. The smallest absolute Gasteiger partial charge is 0.418 e. The van der Waals surface area contributed by atoms with Crippen molar-refractivity contribution in [2.45, 2.75) is 13.1 Å². The molecular weight excluding hydrogens is 413 g/mol. The molecule has 0 radical (unpaired) electrons. The van der Waals surface area contributed by atoms with Crippen molar-refractivity contribution in [2.24, 2.45) is 0 Å². The van der Waals surface area contributed by atoms with E-state index >= 15 is 0 Å². The number of aromatic hydroxyl groups is 1. The third kappa shape index (κ3) is 4.27. The highest BCUT2D eigenvalue weighted by Crippen LogP contribution is 2.41. The number of hydrogen-bond acceptors (Lipinski definition) is 5. The Hall–Kier alpha value is -3.26. The molecule has 3 aromatic rings. The molecule has 0 aliphatic heterocycles. The minimum absolute atomic E-state index is 0.0532. The zero-order chi connectivity index (χ0) is 21.3. The maximum atomic E-state index is 13.3. The highest BCUT2D eigenvalue weighted by atomic mass is 35.5. The minimum Gasteiger partial charge on any atom is -0.507 e. The van der Waals surface area contributed by atoms with Crippen molar-refractivity contribution in [2.75, 3.05) is 0 Å². The van der Waals surface area contributed by atoms with Gasteiger partial charge in [-0.2, -0.15) is 13.2 Å². The van der Waals surface area contributed by atoms with Gasteiger partial charge in [-0.25, -0.2) is 4.79 Å². The van der Waals surface area contributed by atoms with E-state index < -0.39 is 39.5 Å². The van der Waals surface area contributed by atoms with Crippen LogP contribution in [0.2, 0.25) is 5.02 Å². The average Bonchev–Trinajstić information content (AvgIpc) is 3.06. The molecule has 0 saturated heterocycles. The molecule has 0 spiro atoms. The topological polar surface area (TPSA) is 80.6 Å². The number of carbonyl (C=O) groups is 1. The van der Waals surface area contributed by atoms with Crippen molar-refractivity contribution in [3.8, 4) is 17.1 Å². The highest BCUT2D eigenvalue weighted by molar-refractivity contribution is 6.31. The first kappa shape index (κ1) is 20.5. The number of halogens is 4. The van der Waals surface area contributed by atoms with Crippen LogP contribution >= 0.6 is 11.6 Å². The monoisotopic (exact) mass is 424 g/mol. The van der Waals surface area contributed by atoms with Crippen molar-refractivity contribution in [1.82, 2.24) is 0 Å². The van der Waals surface area contributed by atoms with Gasteiger partial charge in [0, 0.05) is 11.6 Å². The van der Waals surface area contributed by atoms with Gasteiger partial charge in [-0.05, 0) is 37.3 Å². The first-order valence-electron chi connectivity index (χ1n) is 8.10. The first-order chi connectivity index (χ1) is 13.6. The molecule has 3 rings (SSSR count). The van der Waals surface area contributed by atoms with Gasteiger partial charge in [0.15, 0.2) is 5.78 Å². The Kier molecular flexibility index (Phi) is 5.39. The maximum absolute atomic E-state index is 13.3. The second kappa shape index (κ2) is 7.63. The second-order valence-corrected chi connectivity index (χ2v) is 6.37. The van der Waals surface area contributed by atoms with Gasteiger partial charge in [0.25, 0.3) is 0 Å². The number of allylic oxidation sites excluding steroid dienone is 1. The Bertz CT molecular complexity index is 1170. The number of benzene rings is 1. The summed E-state index contributed by atoms with van der Waals surface area (Å²) < 4.78 is 50.0. The van der Waals surface area contributed by atoms with E-state index in [4.69, 9.17) is 20.4 Å². The van der Waals surface area contributed by atoms with E-state index in [-0.39, 0.29) is 22.8 Å². The van der Waals surface area contributed by atoms with Gasteiger partial charge in [-0.15, -0.1) is 0 Å². The Balaban J connectivity index is 1.92. The number of alkyl halides is 3. The van der Waals surface area contributed by atoms with Crippen LogP contribution < -0.4 is 5.63 Å². The quantitative estimate of drug-likeness (QED) is 0.443. The van der Waals surface area contributed by atoms with Gasteiger partial charge >= 0.3 is 11.8 Å². The van der Waals surface area contributed by atoms with Crippen LogP contribution in [0, 0.1) is 6.92 Å². The van der Waals surface area contributed by atoms with Crippen LogP contribution in [-0.4, -0.2) is 10.9 Å². The van der Waals surface area contributed by atoms with Crippen LogP contribution in [-0.2, 0) is 6.18 Å². The number of furan rings is 1. The first-order valence-corrected chi connectivity index (χ1v) is 8.47. The predicted molar refractivity (Wildman–Crippen MR) is 98.9 cm³/mol. The lowest BCUT2D eigenvalue weighted by atomic mass is 10.0. The zero-order valence-corrected chi connectivity index (χ0v) is 15.5. The van der Waals surface area contributed by atoms with Crippen LogP contribution in [0.4, 0.5) is 13.2 Å². The fourth-order valence-corrected chi connectivity index (χ4v) is 2.95. The molecule has 2 heterocycles. The summed E-state index contributed by atoms with van der Waals surface area (Å²) in [6.07, 6.45) is -2.60. The number of ketones is 1. The van der Waals surface area contributed by atoms with Crippen molar-refractivity contribution >= 4 is 23.5 Å². The molecule has 0 unspecified atom stereocenters. The highest BCUT2D eigenvalue weighted by Gasteiger charge is 2.36. The number of carbonyl (C=O) groups excluding carboxylic acids is 1. The molecule has 0 aliphatic carbocycles. The molecule has 0 saturated carbocycles. The molecule has 2 aromatic heterocycles. The fourth-order valence-electron chi connectivity index (χ4n) is 2.67. The number of hydrogen-bond donors (Lipinski definition) is 1. The molecule has 9 heteroatoms. The zero-order valence-electron chi connectivity index (χ0n) is 14.7. The van der Waals surface area contributed by atoms with Gasteiger partial charge in [-0.3, -0.25) is 4.79 Å². The van der Waals surface area contributed by atoms with Crippen LogP contribution in [0.25, 0.3) is 17.4 Å². The van der Waals surface area contributed by atoms with Gasteiger partial charge < -0.3 is 13.9 Å². The van der Waals surface area contributed by atoms with Gasteiger partial charge in [0.1, 0.15) is 28.6 Å². The van der Waals surface area contributed by atoms with Crippen LogP contribution in [0.1, 0.15) is 27.4 Å². The summed E-state index contributed by atoms with van der Waals surface area (Å²) in [5, 5.41) is 9.30. The fraction of sp³-hybridized carbons (Fsp3) is 0.100. The van der Waals surface area contributed by atoms with Crippen molar-refractivity contribution in [1.29, 1.82) is 0 Å². The molecule has 29 heavy (non-hydrogen) atoms. The summed E-state index contributed by atoms with van der Waals surface area (Å²) in [7, 11) is 0. The molecule has 0 atom stereocenters. The lowest BCUT2D eigenvalue weighted by Gasteiger charge is -2.12. The summed E-state index contributed by atoms with van der Waals surface area (Å²) in [5.74, 6) is -1.32. The minimum atomic E-state index is -4.69. The average molecular weight is 425 g/mol. The van der Waals surface area contributed by atoms with E-state index in [0.717, 1.165) is 24.3 Å². The third-order valence-corrected chi connectivity index (χ3v) is 4.20. The molecule has 1 N–H and O–H groups in total. The van der Waals surface area contributed by atoms with Crippen molar-refractivity contribution in [3.63, 3.8) is 0 Å². The Morgan fingerprint density at radius 3 is 2.55 bits per heavy atom. The van der Waals surface area contributed by atoms with E-state index in [1.54, 1.807) is 0 Å². The van der Waals surface area contributed by atoms with Crippen LogP contribution in [0.5, 0.6) is 5.75 Å². The van der Waals surface area contributed by atoms with E-state index in [0.29, 0.717) is 0 Å². The van der Waals surface area contributed by atoms with Crippen molar-refractivity contribution in [3.05, 3.63) is 80.6 Å². The van der Waals surface area contributed by atoms with E-state index in [9.17, 15) is 27.9 Å². The number of rotatable bonds is 4. The largest absolute Gasteiger partial charge is 0.507 e.